The first-order chi connectivity index (χ1) is 12.1. The number of hydrogen-bond acceptors (Lipinski definition) is 4. The Morgan fingerprint density at radius 2 is 1.96 bits per heavy atom. The maximum atomic E-state index is 13.2. The van der Waals surface area contributed by atoms with Gasteiger partial charge in [-0.15, -0.1) is 0 Å². The molecule has 2 N–H and O–H groups in total. The lowest BCUT2D eigenvalue weighted by molar-refractivity contribution is 0.402. The standard InChI is InChI=1S/C18H16BFN2O3/c1-25-16-8-12-6-7-22-10-21-17(11-2-4-13(20)5-3-11)18(22)14(12)9-15(16)19(23)24/h2-5,8-10,23-24H,6-7H2,1H3. The first-order valence-corrected chi connectivity index (χ1v) is 7.97. The van der Waals surface area contributed by atoms with Crippen molar-refractivity contribution < 1.29 is 19.2 Å². The lowest BCUT2D eigenvalue weighted by atomic mass is 9.76. The third-order valence-electron chi connectivity index (χ3n) is 4.57. The van der Waals surface area contributed by atoms with Gasteiger partial charge in [0.2, 0.25) is 0 Å². The molecule has 0 amide bonds. The van der Waals surface area contributed by atoms with E-state index in [4.69, 9.17) is 4.74 Å². The normalized spacial score (nSPS) is 12.5. The molecule has 1 aliphatic heterocycles. The molecule has 0 saturated heterocycles. The van der Waals surface area contributed by atoms with Crippen LogP contribution in [0.5, 0.6) is 5.75 Å². The highest BCUT2D eigenvalue weighted by atomic mass is 19.1. The molecule has 0 radical (unpaired) electrons. The smallest absolute Gasteiger partial charge is 0.492 e. The zero-order valence-electron chi connectivity index (χ0n) is 13.6. The van der Waals surface area contributed by atoms with Crippen LogP contribution >= 0.6 is 0 Å². The van der Waals surface area contributed by atoms with Crippen molar-refractivity contribution in [1.29, 1.82) is 0 Å². The minimum atomic E-state index is -1.63. The van der Waals surface area contributed by atoms with Gasteiger partial charge in [0, 0.05) is 23.1 Å². The second-order valence-corrected chi connectivity index (χ2v) is 6.02. The molecule has 1 aromatic heterocycles. The highest BCUT2D eigenvalue weighted by Crippen LogP contribution is 2.37. The topological polar surface area (TPSA) is 67.5 Å². The lowest BCUT2D eigenvalue weighted by Gasteiger charge is -2.22. The molecule has 0 spiro atoms. The molecule has 0 unspecified atom stereocenters. The van der Waals surface area contributed by atoms with Crippen LogP contribution in [0, 0.1) is 5.82 Å². The van der Waals surface area contributed by atoms with E-state index in [2.05, 4.69) is 4.98 Å². The molecule has 2 aromatic carbocycles. The first kappa shape index (κ1) is 15.9. The molecule has 0 fully saturated rings. The van der Waals surface area contributed by atoms with Gasteiger partial charge in [-0.1, -0.05) is 0 Å². The Morgan fingerprint density at radius 1 is 1.20 bits per heavy atom. The Kier molecular flexibility index (Phi) is 3.82. The molecule has 4 rings (SSSR count). The van der Waals surface area contributed by atoms with Crippen molar-refractivity contribution in [1.82, 2.24) is 9.55 Å². The van der Waals surface area contributed by atoms with Gasteiger partial charge in [-0.2, -0.15) is 0 Å². The van der Waals surface area contributed by atoms with Crippen LogP contribution in [-0.4, -0.2) is 33.8 Å². The van der Waals surface area contributed by atoms with Crippen LogP contribution in [0.4, 0.5) is 4.39 Å². The summed E-state index contributed by atoms with van der Waals surface area (Å²) in [5.74, 6) is 0.151. The van der Waals surface area contributed by atoms with Gasteiger partial charge in [0.25, 0.3) is 0 Å². The van der Waals surface area contributed by atoms with E-state index < -0.39 is 7.12 Å². The van der Waals surface area contributed by atoms with Gasteiger partial charge < -0.3 is 19.4 Å². The number of methoxy groups -OCH3 is 1. The summed E-state index contributed by atoms with van der Waals surface area (Å²) in [6, 6.07) is 9.77. The van der Waals surface area contributed by atoms with Crippen molar-refractivity contribution in [3.05, 3.63) is 54.1 Å². The minimum Gasteiger partial charge on any atom is -0.497 e. The van der Waals surface area contributed by atoms with E-state index in [0.717, 1.165) is 41.0 Å². The summed E-state index contributed by atoms with van der Waals surface area (Å²) in [5, 5.41) is 19.3. The van der Waals surface area contributed by atoms with E-state index in [1.807, 2.05) is 10.6 Å². The summed E-state index contributed by atoms with van der Waals surface area (Å²) >= 11 is 0. The Labute approximate surface area is 144 Å². The molecule has 25 heavy (non-hydrogen) atoms. The van der Waals surface area contributed by atoms with Crippen molar-refractivity contribution in [2.75, 3.05) is 7.11 Å². The third-order valence-corrected chi connectivity index (χ3v) is 4.57. The first-order valence-electron chi connectivity index (χ1n) is 7.97. The summed E-state index contributed by atoms with van der Waals surface area (Å²) in [6.07, 6.45) is 2.55. The Bertz CT molecular complexity index is 938. The average Bonchev–Trinajstić information content (AvgIpc) is 3.05. The number of nitrogens with zero attached hydrogens (tertiary/aromatic N) is 2. The average molecular weight is 338 g/mol. The SMILES string of the molecule is COc1cc2c(cc1B(O)O)-c1c(-c3ccc(F)cc3)ncn1CC2. The van der Waals surface area contributed by atoms with Crippen LogP contribution in [0.1, 0.15) is 5.56 Å². The number of rotatable bonds is 3. The van der Waals surface area contributed by atoms with E-state index in [1.165, 1.54) is 19.2 Å². The van der Waals surface area contributed by atoms with Gasteiger partial charge >= 0.3 is 7.12 Å². The summed E-state index contributed by atoms with van der Waals surface area (Å²) < 4.78 is 20.6. The summed E-state index contributed by atoms with van der Waals surface area (Å²) in [6.45, 7) is 0.765. The van der Waals surface area contributed by atoms with E-state index in [1.54, 1.807) is 24.5 Å². The van der Waals surface area contributed by atoms with Crippen LogP contribution < -0.4 is 10.2 Å². The number of ether oxygens (including phenoxy) is 1. The fraction of sp³-hybridized carbons (Fsp3) is 0.167. The number of fused-ring (bicyclic) bond motifs is 3. The monoisotopic (exact) mass is 338 g/mol. The summed E-state index contributed by atoms with van der Waals surface area (Å²) in [4.78, 5) is 4.50. The van der Waals surface area contributed by atoms with E-state index >= 15 is 0 Å². The van der Waals surface area contributed by atoms with Crippen molar-refractivity contribution in [2.45, 2.75) is 13.0 Å². The molecule has 3 aromatic rings. The van der Waals surface area contributed by atoms with Gasteiger partial charge in [0.05, 0.1) is 24.8 Å². The molecule has 0 saturated carbocycles. The van der Waals surface area contributed by atoms with E-state index in [0.29, 0.717) is 11.2 Å². The predicted octanol–water partition coefficient (Wildman–Crippen LogP) is 1.60. The van der Waals surface area contributed by atoms with Crippen LogP contribution in [-0.2, 0) is 13.0 Å². The highest BCUT2D eigenvalue weighted by Gasteiger charge is 2.26. The molecule has 7 heteroatoms. The van der Waals surface area contributed by atoms with E-state index in [9.17, 15) is 14.4 Å². The Balaban J connectivity index is 1.92. The maximum absolute atomic E-state index is 13.2. The fourth-order valence-corrected chi connectivity index (χ4v) is 3.34. The largest absolute Gasteiger partial charge is 0.497 e. The zero-order valence-corrected chi connectivity index (χ0v) is 13.6. The van der Waals surface area contributed by atoms with Crippen molar-refractivity contribution in [2.24, 2.45) is 0 Å². The van der Waals surface area contributed by atoms with E-state index in [-0.39, 0.29) is 5.82 Å². The minimum absolute atomic E-state index is 0.298. The quantitative estimate of drug-likeness (QED) is 0.712. The van der Waals surface area contributed by atoms with Gasteiger partial charge in [-0.3, -0.25) is 0 Å². The number of benzene rings is 2. The van der Waals surface area contributed by atoms with Gasteiger partial charge in [-0.25, -0.2) is 9.37 Å². The third kappa shape index (κ3) is 2.61. The summed E-state index contributed by atoms with van der Waals surface area (Å²) in [5.41, 5.74) is 4.68. The second-order valence-electron chi connectivity index (χ2n) is 6.02. The van der Waals surface area contributed by atoms with Crippen LogP contribution in [0.25, 0.3) is 22.5 Å². The summed E-state index contributed by atoms with van der Waals surface area (Å²) in [7, 11) is -0.127. The number of hydrogen-bond donors (Lipinski definition) is 2. The van der Waals surface area contributed by atoms with Crippen molar-refractivity contribution in [3.63, 3.8) is 0 Å². The van der Waals surface area contributed by atoms with Crippen LogP contribution in [0.15, 0.2) is 42.7 Å². The molecular formula is C18H16BFN2O3. The lowest BCUT2D eigenvalue weighted by Crippen LogP contribution is -2.32. The predicted molar refractivity (Wildman–Crippen MR) is 93.1 cm³/mol. The molecule has 2 heterocycles. The Morgan fingerprint density at radius 3 is 2.64 bits per heavy atom. The molecular weight excluding hydrogens is 322 g/mol. The van der Waals surface area contributed by atoms with Crippen molar-refractivity contribution >= 4 is 12.6 Å². The van der Waals surface area contributed by atoms with Gasteiger partial charge in [-0.05, 0) is 48.4 Å². The highest BCUT2D eigenvalue weighted by molar-refractivity contribution is 6.60. The van der Waals surface area contributed by atoms with Gasteiger partial charge in [0.1, 0.15) is 11.6 Å². The van der Waals surface area contributed by atoms with Crippen molar-refractivity contribution in [3.8, 4) is 28.3 Å². The zero-order chi connectivity index (χ0) is 17.6. The molecule has 0 atom stereocenters. The second kappa shape index (κ2) is 6.02. The van der Waals surface area contributed by atoms with Gasteiger partial charge in [0.15, 0.2) is 0 Å². The fourth-order valence-electron chi connectivity index (χ4n) is 3.34. The number of halogens is 1. The molecule has 126 valence electrons. The molecule has 0 bridgehead atoms. The number of aryl methyl sites for hydroxylation is 2. The Hall–Kier alpha value is -2.64. The number of aromatic nitrogens is 2. The molecule has 5 nitrogen and oxygen atoms in total. The maximum Gasteiger partial charge on any atom is 0.492 e. The number of imidazole rings is 1. The molecule has 0 aliphatic carbocycles. The van der Waals surface area contributed by atoms with Crippen LogP contribution in [0.3, 0.4) is 0 Å². The molecule has 1 aliphatic rings. The van der Waals surface area contributed by atoms with Crippen LogP contribution in [0.2, 0.25) is 0 Å².